The first-order valence-electron chi connectivity index (χ1n) is 10.2. The molecular formula is C20H27FN4O3S. The standard InChI is InChI=1S/C20H27FN4O3S/c1-3-4-10-24(2)29(26,27)25-11-8-20(9-12-25)14-17(20)19-23-22-18(28-19)15-6-5-7-16(21)13-15/h5-7,13,17H,3-4,8-12,14H2,1-2H3/t17-/m1/s1. The van der Waals surface area contributed by atoms with Crippen LogP contribution in [-0.4, -0.2) is 53.9 Å². The lowest BCUT2D eigenvalue weighted by molar-refractivity contribution is 0.234. The van der Waals surface area contributed by atoms with Gasteiger partial charge < -0.3 is 4.42 Å². The molecule has 0 amide bonds. The van der Waals surface area contributed by atoms with Crippen molar-refractivity contribution in [2.24, 2.45) is 5.41 Å². The van der Waals surface area contributed by atoms with Crippen molar-refractivity contribution in [1.82, 2.24) is 18.8 Å². The van der Waals surface area contributed by atoms with Gasteiger partial charge in [0.25, 0.3) is 10.2 Å². The van der Waals surface area contributed by atoms with Crippen molar-refractivity contribution >= 4 is 10.2 Å². The average molecular weight is 423 g/mol. The first kappa shape index (κ1) is 20.4. The van der Waals surface area contributed by atoms with E-state index in [0.717, 1.165) is 32.1 Å². The molecule has 0 radical (unpaired) electrons. The van der Waals surface area contributed by atoms with Gasteiger partial charge in [0.05, 0.1) is 0 Å². The zero-order valence-corrected chi connectivity index (χ0v) is 17.7. The Hall–Kier alpha value is -1.84. The number of benzene rings is 1. The van der Waals surface area contributed by atoms with Gasteiger partial charge in [0, 0.05) is 38.2 Å². The molecule has 0 bridgehead atoms. The zero-order valence-electron chi connectivity index (χ0n) is 16.8. The number of unbranched alkanes of at least 4 members (excludes halogenated alkanes) is 1. The lowest BCUT2D eigenvalue weighted by Crippen LogP contribution is -2.46. The van der Waals surface area contributed by atoms with E-state index in [1.807, 2.05) is 0 Å². The smallest absolute Gasteiger partial charge is 0.281 e. The highest BCUT2D eigenvalue weighted by molar-refractivity contribution is 7.86. The van der Waals surface area contributed by atoms with Gasteiger partial charge in [-0.1, -0.05) is 19.4 Å². The predicted molar refractivity (Wildman–Crippen MR) is 107 cm³/mol. The van der Waals surface area contributed by atoms with Gasteiger partial charge >= 0.3 is 0 Å². The maximum absolute atomic E-state index is 13.4. The molecule has 2 aliphatic rings. The third kappa shape index (κ3) is 3.95. The second-order valence-electron chi connectivity index (χ2n) is 8.16. The quantitative estimate of drug-likeness (QED) is 0.683. The van der Waals surface area contributed by atoms with Crippen molar-refractivity contribution in [3.63, 3.8) is 0 Å². The molecular weight excluding hydrogens is 395 g/mol. The van der Waals surface area contributed by atoms with Crippen LogP contribution in [-0.2, 0) is 10.2 Å². The maximum atomic E-state index is 13.4. The highest BCUT2D eigenvalue weighted by atomic mass is 32.2. The van der Waals surface area contributed by atoms with Gasteiger partial charge in [-0.15, -0.1) is 10.2 Å². The molecule has 29 heavy (non-hydrogen) atoms. The minimum Gasteiger partial charge on any atom is -0.420 e. The number of nitrogens with zero attached hydrogens (tertiary/aromatic N) is 4. The topological polar surface area (TPSA) is 79.5 Å². The first-order chi connectivity index (χ1) is 13.9. The summed E-state index contributed by atoms with van der Waals surface area (Å²) < 4.78 is 47.8. The van der Waals surface area contributed by atoms with Crippen molar-refractivity contribution < 1.29 is 17.2 Å². The van der Waals surface area contributed by atoms with Gasteiger partial charge in [0.15, 0.2) is 0 Å². The molecule has 9 heteroatoms. The Kier molecular flexibility index (Phi) is 5.48. The summed E-state index contributed by atoms with van der Waals surface area (Å²) in [5, 5.41) is 8.26. The Balaban J connectivity index is 1.39. The summed E-state index contributed by atoms with van der Waals surface area (Å²) in [6, 6.07) is 6.10. The van der Waals surface area contributed by atoms with Gasteiger partial charge in [0.2, 0.25) is 11.8 Å². The molecule has 158 valence electrons. The first-order valence-corrected chi connectivity index (χ1v) is 11.6. The minimum atomic E-state index is -3.40. The molecule has 1 aliphatic carbocycles. The van der Waals surface area contributed by atoms with Crippen LogP contribution >= 0.6 is 0 Å². The molecule has 1 saturated carbocycles. The summed E-state index contributed by atoms with van der Waals surface area (Å²) in [4.78, 5) is 0. The minimum absolute atomic E-state index is 0.0414. The van der Waals surface area contributed by atoms with Crippen LogP contribution in [0.4, 0.5) is 4.39 Å². The van der Waals surface area contributed by atoms with E-state index >= 15 is 0 Å². The fourth-order valence-electron chi connectivity index (χ4n) is 4.22. The van der Waals surface area contributed by atoms with Gasteiger partial charge in [0.1, 0.15) is 5.82 Å². The van der Waals surface area contributed by atoms with E-state index < -0.39 is 10.2 Å². The van der Waals surface area contributed by atoms with Gasteiger partial charge in [-0.25, -0.2) is 4.39 Å². The third-order valence-electron chi connectivity index (χ3n) is 6.26. The molecule has 1 aliphatic heterocycles. The lowest BCUT2D eigenvalue weighted by Gasteiger charge is -2.34. The summed E-state index contributed by atoms with van der Waals surface area (Å²) in [6.07, 6.45) is 4.33. The molecule has 2 heterocycles. The normalized spacial score (nSPS) is 21.7. The highest BCUT2D eigenvalue weighted by Gasteiger charge is 2.59. The fourth-order valence-corrected chi connectivity index (χ4v) is 5.62. The number of halogens is 1. The Morgan fingerprint density at radius 3 is 2.76 bits per heavy atom. The molecule has 1 spiro atoms. The maximum Gasteiger partial charge on any atom is 0.281 e. The molecule has 1 aromatic carbocycles. The summed E-state index contributed by atoms with van der Waals surface area (Å²) in [7, 11) is -1.74. The van der Waals surface area contributed by atoms with Crippen molar-refractivity contribution in [3.8, 4) is 11.5 Å². The van der Waals surface area contributed by atoms with Crippen LogP contribution in [0.25, 0.3) is 11.5 Å². The van der Waals surface area contributed by atoms with Crippen molar-refractivity contribution in [2.45, 2.75) is 44.9 Å². The van der Waals surface area contributed by atoms with E-state index in [-0.39, 0.29) is 17.2 Å². The number of aromatic nitrogens is 2. The van der Waals surface area contributed by atoms with Crippen LogP contribution in [0.15, 0.2) is 28.7 Å². The second kappa shape index (κ2) is 7.77. The molecule has 2 fully saturated rings. The Bertz CT molecular complexity index is 970. The van der Waals surface area contributed by atoms with Crippen LogP contribution in [0.5, 0.6) is 0 Å². The molecule has 0 unspecified atom stereocenters. The Morgan fingerprint density at radius 2 is 2.07 bits per heavy atom. The van der Waals surface area contributed by atoms with Gasteiger partial charge in [-0.05, 0) is 49.3 Å². The Morgan fingerprint density at radius 1 is 1.31 bits per heavy atom. The number of rotatable bonds is 7. The van der Waals surface area contributed by atoms with E-state index in [0.29, 0.717) is 37.0 Å². The molecule has 2 aromatic rings. The summed E-state index contributed by atoms with van der Waals surface area (Å²) in [6.45, 7) is 3.63. The molecule has 0 N–H and O–H groups in total. The van der Waals surface area contributed by atoms with Crippen LogP contribution in [0, 0.1) is 11.2 Å². The fraction of sp³-hybridized carbons (Fsp3) is 0.600. The molecule has 1 saturated heterocycles. The largest absolute Gasteiger partial charge is 0.420 e. The van der Waals surface area contributed by atoms with Crippen LogP contribution in [0.1, 0.15) is 50.8 Å². The van der Waals surface area contributed by atoms with E-state index in [9.17, 15) is 12.8 Å². The number of piperidine rings is 1. The van der Waals surface area contributed by atoms with E-state index in [1.165, 1.54) is 16.4 Å². The Labute approximate surface area is 171 Å². The van der Waals surface area contributed by atoms with Crippen LogP contribution < -0.4 is 0 Å². The van der Waals surface area contributed by atoms with Crippen molar-refractivity contribution in [3.05, 3.63) is 36.0 Å². The molecule has 4 rings (SSSR count). The number of hydrogen-bond donors (Lipinski definition) is 0. The van der Waals surface area contributed by atoms with E-state index in [4.69, 9.17) is 4.42 Å². The van der Waals surface area contributed by atoms with E-state index in [1.54, 1.807) is 23.5 Å². The van der Waals surface area contributed by atoms with Gasteiger partial charge in [-0.3, -0.25) is 0 Å². The third-order valence-corrected chi connectivity index (χ3v) is 8.25. The lowest BCUT2D eigenvalue weighted by atomic mass is 9.92. The molecule has 1 atom stereocenters. The average Bonchev–Trinajstić information content (AvgIpc) is 3.17. The monoisotopic (exact) mass is 422 g/mol. The van der Waals surface area contributed by atoms with Crippen LogP contribution in [0.2, 0.25) is 0 Å². The summed E-state index contributed by atoms with van der Waals surface area (Å²) in [5.74, 6) is 0.697. The van der Waals surface area contributed by atoms with Crippen LogP contribution in [0.3, 0.4) is 0 Å². The summed E-state index contributed by atoms with van der Waals surface area (Å²) in [5.41, 5.74) is 0.606. The summed E-state index contributed by atoms with van der Waals surface area (Å²) >= 11 is 0. The van der Waals surface area contributed by atoms with Crippen molar-refractivity contribution in [2.75, 3.05) is 26.7 Å². The van der Waals surface area contributed by atoms with E-state index in [2.05, 4.69) is 17.1 Å². The molecule has 7 nitrogen and oxygen atoms in total. The second-order valence-corrected chi connectivity index (χ2v) is 10.2. The van der Waals surface area contributed by atoms with Gasteiger partial charge in [-0.2, -0.15) is 17.0 Å². The van der Waals surface area contributed by atoms with Crippen molar-refractivity contribution in [1.29, 1.82) is 0 Å². The number of hydrogen-bond acceptors (Lipinski definition) is 5. The highest BCUT2D eigenvalue weighted by Crippen LogP contribution is 2.64. The molecule has 1 aromatic heterocycles. The predicted octanol–water partition coefficient (Wildman–Crippen LogP) is 3.42. The SMILES string of the molecule is CCCCN(C)S(=O)(=O)N1CCC2(CC1)C[C@@H]2c1nnc(-c2cccc(F)c2)o1. The zero-order chi connectivity index (χ0) is 20.6.